The van der Waals surface area contributed by atoms with E-state index in [0.29, 0.717) is 12.8 Å². The van der Waals surface area contributed by atoms with Gasteiger partial charge in [-0.3, -0.25) is 24.4 Å². The molecule has 0 spiro atoms. The van der Waals surface area contributed by atoms with Crippen molar-refractivity contribution >= 4 is 23.7 Å². The normalized spacial score (nSPS) is 13.0. The lowest BCUT2D eigenvalue weighted by Gasteiger charge is -2.24. The molecule has 2 atom stereocenters. The number of hydrogen-bond acceptors (Lipinski definition) is 6. The molecule has 0 aliphatic heterocycles. The van der Waals surface area contributed by atoms with Crippen molar-refractivity contribution in [2.75, 3.05) is 13.2 Å². The number of nitrogens with one attached hydrogen (secondary N) is 3. The zero-order valence-electron chi connectivity index (χ0n) is 17.5. The number of ether oxygens (including phenoxy) is 1. The fourth-order valence-corrected chi connectivity index (χ4v) is 2.76. The number of hydrogen-bond donors (Lipinski definition) is 4. The van der Waals surface area contributed by atoms with E-state index < -0.39 is 29.7 Å². The predicted molar refractivity (Wildman–Crippen MR) is 103 cm³/mol. The zero-order valence-corrected chi connectivity index (χ0v) is 17.5. The second kappa shape index (κ2) is 13.9. The summed E-state index contributed by atoms with van der Waals surface area (Å²) in [7, 11) is 0. The van der Waals surface area contributed by atoms with Gasteiger partial charge in [0, 0.05) is 18.9 Å². The third-order valence-corrected chi connectivity index (χ3v) is 3.96. The highest BCUT2D eigenvalue weighted by molar-refractivity contribution is 5.90. The van der Waals surface area contributed by atoms with Gasteiger partial charge in [-0.05, 0) is 31.6 Å². The second-order valence-corrected chi connectivity index (χ2v) is 7.60. The third kappa shape index (κ3) is 11.5. The molecule has 9 heteroatoms. The highest BCUT2D eigenvalue weighted by Gasteiger charge is 2.28. The van der Waals surface area contributed by atoms with E-state index in [1.807, 2.05) is 27.7 Å². The van der Waals surface area contributed by atoms with Gasteiger partial charge in [-0.1, -0.05) is 27.7 Å². The van der Waals surface area contributed by atoms with Crippen LogP contribution in [-0.4, -0.2) is 48.1 Å². The molecule has 0 heterocycles. The summed E-state index contributed by atoms with van der Waals surface area (Å²) in [5.41, 5.74) is 1.54. The van der Waals surface area contributed by atoms with Crippen LogP contribution in [0.2, 0.25) is 0 Å². The largest absolute Gasteiger partial charge is 0.466 e. The molecule has 0 aliphatic rings. The molecular weight excluding hydrogens is 366 g/mol. The number of esters is 1. The van der Waals surface area contributed by atoms with Crippen molar-refractivity contribution < 1.29 is 29.1 Å². The Morgan fingerprint density at radius 1 is 0.964 bits per heavy atom. The van der Waals surface area contributed by atoms with Crippen molar-refractivity contribution in [1.82, 2.24) is 16.1 Å². The third-order valence-electron chi connectivity index (χ3n) is 3.96. The van der Waals surface area contributed by atoms with Crippen LogP contribution in [0.15, 0.2) is 0 Å². The number of carbonyl (C=O) groups excluding carboxylic acids is 4. The van der Waals surface area contributed by atoms with Crippen LogP contribution in [0.5, 0.6) is 0 Å². The first-order valence-electron chi connectivity index (χ1n) is 9.77. The Morgan fingerprint density at radius 3 is 2.07 bits per heavy atom. The Balaban J connectivity index is 4.96. The van der Waals surface area contributed by atoms with Crippen molar-refractivity contribution in [1.29, 1.82) is 0 Å². The van der Waals surface area contributed by atoms with Gasteiger partial charge in [0.15, 0.2) is 0 Å². The molecule has 28 heavy (non-hydrogen) atoms. The minimum Gasteiger partial charge on any atom is -0.466 e. The maximum atomic E-state index is 12.7. The summed E-state index contributed by atoms with van der Waals surface area (Å²) < 4.78 is 4.81. The van der Waals surface area contributed by atoms with Gasteiger partial charge < -0.3 is 15.4 Å². The van der Waals surface area contributed by atoms with Gasteiger partial charge in [0.1, 0.15) is 6.04 Å². The first-order valence-corrected chi connectivity index (χ1v) is 9.77. The van der Waals surface area contributed by atoms with E-state index in [1.165, 1.54) is 5.48 Å². The van der Waals surface area contributed by atoms with Crippen LogP contribution in [0.1, 0.15) is 60.3 Å². The summed E-state index contributed by atoms with van der Waals surface area (Å²) in [6.07, 6.45) is 0.740. The summed E-state index contributed by atoms with van der Waals surface area (Å²) in [5, 5.41) is 14.1. The molecule has 2 unspecified atom stereocenters. The molecule has 0 aromatic rings. The predicted octanol–water partition coefficient (Wildman–Crippen LogP) is 1.14. The Kier molecular flexibility index (Phi) is 12.9. The van der Waals surface area contributed by atoms with Crippen LogP contribution in [0.4, 0.5) is 0 Å². The van der Waals surface area contributed by atoms with Crippen molar-refractivity contribution in [2.45, 2.75) is 66.3 Å². The molecule has 0 aliphatic carbocycles. The fraction of sp³-hybridized carbons (Fsp3) is 0.789. The molecule has 4 N–H and O–H groups in total. The summed E-state index contributed by atoms with van der Waals surface area (Å²) in [5.74, 6) is -2.21. The maximum absolute atomic E-state index is 12.7. The average molecular weight is 402 g/mol. The van der Waals surface area contributed by atoms with Gasteiger partial charge in [-0.2, -0.15) is 0 Å². The minimum absolute atomic E-state index is 0.0502. The molecule has 3 amide bonds. The summed E-state index contributed by atoms with van der Waals surface area (Å²) >= 11 is 0. The molecule has 9 nitrogen and oxygen atoms in total. The van der Waals surface area contributed by atoms with Crippen LogP contribution in [0, 0.1) is 17.8 Å². The molecular formula is C19H35N3O6. The van der Waals surface area contributed by atoms with Gasteiger partial charge in [0.2, 0.25) is 17.7 Å². The molecule has 0 bridgehead atoms. The molecule has 0 aromatic heterocycles. The first kappa shape index (κ1) is 25.8. The molecule has 0 fully saturated rings. The highest BCUT2D eigenvalue weighted by Crippen LogP contribution is 2.17. The Hall–Kier alpha value is -2.16. The van der Waals surface area contributed by atoms with Gasteiger partial charge in [-0.15, -0.1) is 0 Å². The topological polar surface area (TPSA) is 134 Å². The highest BCUT2D eigenvalue weighted by atomic mass is 16.5. The first-order chi connectivity index (χ1) is 13.1. The maximum Gasteiger partial charge on any atom is 0.307 e. The number of amides is 3. The van der Waals surface area contributed by atoms with E-state index in [0.717, 1.165) is 0 Å². The van der Waals surface area contributed by atoms with Gasteiger partial charge in [0.25, 0.3) is 0 Å². The number of hydroxylamine groups is 1. The quantitative estimate of drug-likeness (QED) is 0.208. The minimum atomic E-state index is -0.776. The van der Waals surface area contributed by atoms with Crippen LogP contribution in [0.25, 0.3) is 0 Å². The zero-order chi connectivity index (χ0) is 21.7. The van der Waals surface area contributed by atoms with Gasteiger partial charge in [0.05, 0.1) is 13.0 Å². The van der Waals surface area contributed by atoms with E-state index in [4.69, 9.17) is 9.94 Å². The van der Waals surface area contributed by atoms with E-state index in [2.05, 4.69) is 10.6 Å². The number of carbonyl (C=O) groups is 4. The summed E-state index contributed by atoms with van der Waals surface area (Å²) in [6, 6.07) is -0.776. The SMILES string of the molecule is CCOC(=O)CCNC(=O)C(CC(C)C)NC(=O)C(CC(=O)NO)CC(C)C. The van der Waals surface area contributed by atoms with E-state index in [9.17, 15) is 19.2 Å². The number of rotatable bonds is 13. The summed E-state index contributed by atoms with van der Waals surface area (Å²) in [4.78, 5) is 48.0. The Bertz CT molecular complexity index is 522. The molecule has 162 valence electrons. The second-order valence-electron chi connectivity index (χ2n) is 7.60. The van der Waals surface area contributed by atoms with Gasteiger partial charge in [-0.25, -0.2) is 5.48 Å². The standard InChI is InChI=1S/C19H35N3O6/c1-6-28-17(24)7-8-20-19(26)15(10-13(4)5)21-18(25)14(9-12(2)3)11-16(23)22-27/h12-15,27H,6-11H2,1-5H3,(H,20,26)(H,21,25)(H,22,23). The Labute approximate surface area is 166 Å². The molecule has 0 radical (unpaired) electrons. The summed E-state index contributed by atoms with van der Waals surface area (Å²) in [6.45, 7) is 9.79. The van der Waals surface area contributed by atoms with Crippen LogP contribution in [0.3, 0.4) is 0 Å². The lowest BCUT2D eigenvalue weighted by Crippen LogP contribution is -2.50. The smallest absolute Gasteiger partial charge is 0.307 e. The molecule has 0 aromatic carbocycles. The van der Waals surface area contributed by atoms with Crippen molar-refractivity contribution in [3.63, 3.8) is 0 Å². The van der Waals surface area contributed by atoms with Crippen LogP contribution < -0.4 is 16.1 Å². The van der Waals surface area contributed by atoms with Crippen LogP contribution in [-0.2, 0) is 23.9 Å². The molecule has 0 saturated carbocycles. The molecule has 0 saturated heterocycles. The monoisotopic (exact) mass is 401 g/mol. The molecule has 0 rings (SSSR count). The lowest BCUT2D eigenvalue weighted by molar-refractivity contribution is -0.143. The van der Waals surface area contributed by atoms with E-state index >= 15 is 0 Å². The Morgan fingerprint density at radius 2 is 1.57 bits per heavy atom. The lowest BCUT2D eigenvalue weighted by atomic mass is 9.92. The van der Waals surface area contributed by atoms with Crippen molar-refractivity contribution in [2.24, 2.45) is 17.8 Å². The fourth-order valence-electron chi connectivity index (χ4n) is 2.76. The van der Waals surface area contributed by atoms with Crippen LogP contribution >= 0.6 is 0 Å². The average Bonchev–Trinajstić information content (AvgIpc) is 2.59. The van der Waals surface area contributed by atoms with E-state index in [1.54, 1.807) is 6.92 Å². The van der Waals surface area contributed by atoms with Crippen molar-refractivity contribution in [3.05, 3.63) is 0 Å². The van der Waals surface area contributed by atoms with E-state index in [-0.39, 0.29) is 43.7 Å². The van der Waals surface area contributed by atoms with Gasteiger partial charge >= 0.3 is 5.97 Å². The van der Waals surface area contributed by atoms with Crippen molar-refractivity contribution in [3.8, 4) is 0 Å².